The molecule has 3 N–H and O–H groups in total. The molecule has 2 heterocycles. The van der Waals surface area contributed by atoms with Crippen LogP contribution in [0.25, 0.3) is 10.1 Å². The van der Waals surface area contributed by atoms with Crippen LogP contribution in [-0.4, -0.2) is 34.6 Å². The molecule has 0 saturated carbocycles. The fraction of sp³-hybridized carbons (Fsp3) is 0.400. The van der Waals surface area contributed by atoms with Crippen molar-refractivity contribution in [3.05, 3.63) is 28.1 Å². The van der Waals surface area contributed by atoms with Gasteiger partial charge >= 0.3 is 0 Å². The molecular weight excluding hydrogens is 308 g/mol. The summed E-state index contributed by atoms with van der Waals surface area (Å²) in [6.45, 7) is 2.91. The summed E-state index contributed by atoms with van der Waals surface area (Å²) in [5.74, 6) is -0.0692. The van der Waals surface area contributed by atoms with Crippen LogP contribution >= 0.6 is 22.9 Å². The summed E-state index contributed by atoms with van der Waals surface area (Å²) in [6, 6.07) is 5.55. The summed E-state index contributed by atoms with van der Waals surface area (Å²) in [5.41, 5.74) is 5.92. The molecule has 1 fully saturated rings. The van der Waals surface area contributed by atoms with Crippen molar-refractivity contribution < 1.29 is 9.90 Å². The Labute approximate surface area is 132 Å². The van der Waals surface area contributed by atoms with Gasteiger partial charge in [0, 0.05) is 23.2 Å². The number of thiophene rings is 1. The zero-order valence-corrected chi connectivity index (χ0v) is 13.3. The van der Waals surface area contributed by atoms with Crippen molar-refractivity contribution in [1.29, 1.82) is 0 Å². The Bertz CT molecular complexity index is 701. The molecule has 4 nitrogen and oxygen atoms in total. The largest absolute Gasteiger partial charge is 0.397 e. The van der Waals surface area contributed by atoms with Crippen molar-refractivity contribution in [3.63, 3.8) is 0 Å². The minimum absolute atomic E-state index is 0.0692. The first kappa shape index (κ1) is 14.6. The van der Waals surface area contributed by atoms with Gasteiger partial charge in [0.15, 0.2) is 0 Å². The van der Waals surface area contributed by atoms with Crippen molar-refractivity contribution in [2.45, 2.75) is 25.4 Å². The number of halogens is 1. The minimum atomic E-state index is -0.675. The predicted molar refractivity (Wildman–Crippen MR) is 87.0 cm³/mol. The topological polar surface area (TPSA) is 66.6 Å². The molecule has 1 aromatic carbocycles. The normalized spacial score (nSPS) is 18.1. The molecule has 1 saturated heterocycles. The van der Waals surface area contributed by atoms with Crippen molar-refractivity contribution in [2.75, 3.05) is 18.8 Å². The number of benzene rings is 1. The lowest BCUT2D eigenvalue weighted by Gasteiger charge is -2.35. The molecule has 112 valence electrons. The molecular formula is C15H17ClN2O2S. The van der Waals surface area contributed by atoms with E-state index in [0.29, 0.717) is 41.5 Å². The summed E-state index contributed by atoms with van der Waals surface area (Å²) >= 11 is 7.55. The van der Waals surface area contributed by atoms with Crippen LogP contribution in [0.15, 0.2) is 18.2 Å². The Morgan fingerprint density at radius 2 is 2.10 bits per heavy atom. The summed E-state index contributed by atoms with van der Waals surface area (Å²) in [4.78, 5) is 14.9. The number of carbonyl (C=O) groups excluding carboxylic acids is 1. The van der Waals surface area contributed by atoms with Crippen LogP contribution in [-0.2, 0) is 0 Å². The highest BCUT2D eigenvalue weighted by Crippen LogP contribution is 2.39. The Morgan fingerprint density at radius 3 is 2.71 bits per heavy atom. The Morgan fingerprint density at radius 1 is 1.43 bits per heavy atom. The second kappa shape index (κ2) is 5.16. The molecule has 2 aromatic rings. The molecule has 3 rings (SSSR count). The van der Waals surface area contributed by atoms with Gasteiger partial charge in [-0.3, -0.25) is 4.79 Å². The Balaban J connectivity index is 1.92. The van der Waals surface area contributed by atoms with Crippen LogP contribution in [0.5, 0.6) is 0 Å². The third-order valence-corrected chi connectivity index (χ3v) is 5.50. The number of carbonyl (C=O) groups is 1. The van der Waals surface area contributed by atoms with Crippen molar-refractivity contribution in [1.82, 2.24) is 4.90 Å². The predicted octanol–water partition coefficient (Wildman–Crippen LogP) is 3.12. The molecule has 1 aliphatic rings. The van der Waals surface area contributed by atoms with E-state index >= 15 is 0 Å². The second-order valence-electron chi connectivity index (χ2n) is 5.75. The standard InChI is InChI=1S/C15H17ClN2O2S/c1-15(20)5-7-18(8-6-15)14(19)13-12(17)11-9(16)3-2-4-10(11)21-13/h2-4,20H,5-8,17H2,1H3. The third-order valence-electron chi connectivity index (χ3n) is 4.02. The maximum Gasteiger partial charge on any atom is 0.266 e. The number of amides is 1. The highest BCUT2D eigenvalue weighted by atomic mass is 35.5. The number of aliphatic hydroxyl groups is 1. The number of nitrogens with two attached hydrogens (primary N) is 1. The summed E-state index contributed by atoms with van der Waals surface area (Å²) in [6.07, 6.45) is 1.18. The van der Waals surface area contributed by atoms with Crippen LogP contribution in [0, 0.1) is 0 Å². The highest BCUT2D eigenvalue weighted by Gasteiger charge is 2.31. The van der Waals surface area contributed by atoms with E-state index in [4.69, 9.17) is 17.3 Å². The van der Waals surface area contributed by atoms with Gasteiger partial charge < -0.3 is 15.7 Å². The smallest absolute Gasteiger partial charge is 0.266 e. The van der Waals surface area contributed by atoms with Crippen LogP contribution in [0.1, 0.15) is 29.4 Å². The molecule has 0 radical (unpaired) electrons. The Hall–Kier alpha value is -1.30. The fourth-order valence-electron chi connectivity index (χ4n) is 2.62. The van der Waals surface area contributed by atoms with Gasteiger partial charge in [-0.05, 0) is 31.9 Å². The van der Waals surface area contributed by atoms with Crippen molar-refractivity contribution in [3.8, 4) is 0 Å². The monoisotopic (exact) mass is 324 g/mol. The molecule has 0 atom stereocenters. The lowest BCUT2D eigenvalue weighted by molar-refractivity contribution is -0.00184. The van der Waals surface area contributed by atoms with Gasteiger partial charge in [-0.25, -0.2) is 0 Å². The van der Waals surface area contributed by atoms with E-state index in [0.717, 1.165) is 10.1 Å². The third kappa shape index (κ3) is 2.61. The molecule has 1 aliphatic heterocycles. The van der Waals surface area contributed by atoms with Crippen LogP contribution in [0.2, 0.25) is 5.02 Å². The van der Waals surface area contributed by atoms with E-state index in [9.17, 15) is 9.90 Å². The van der Waals surface area contributed by atoms with Crippen LogP contribution in [0.3, 0.4) is 0 Å². The van der Waals surface area contributed by atoms with E-state index in [1.165, 1.54) is 11.3 Å². The maximum atomic E-state index is 12.6. The molecule has 0 aliphatic carbocycles. The van der Waals surface area contributed by atoms with Crippen LogP contribution < -0.4 is 5.73 Å². The van der Waals surface area contributed by atoms with Crippen molar-refractivity contribution >= 4 is 44.6 Å². The van der Waals surface area contributed by atoms with E-state index in [1.54, 1.807) is 11.0 Å². The van der Waals surface area contributed by atoms with Crippen LogP contribution in [0.4, 0.5) is 5.69 Å². The molecule has 0 spiro atoms. The molecule has 0 unspecified atom stereocenters. The van der Waals surface area contributed by atoms with Gasteiger partial charge in [-0.15, -0.1) is 11.3 Å². The lowest BCUT2D eigenvalue weighted by Crippen LogP contribution is -2.45. The van der Waals surface area contributed by atoms with Gasteiger partial charge in [0.05, 0.1) is 16.3 Å². The summed E-state index contributed by atoms with van der Waals surface area (Å²) in [7, 11) is 0. The van der Waals surface area contributed by atoms with Gasteiger partial charge in [0.2, 0.25) is 0 Å². The van der Waals surface area contributed by atoms with Gasteiger partial charge in [0.25, 0.3) is 5.91 Å². The van der Waals surface area contributed by atoms with Crippen molar-refractivity contribution in [2.24, 2.45) is 0 Å². The minimum Gasteiger partial charge on any atom is -0.397 e. The number of hydrogen-bond donors (Lipinski definition) is 2. The molecule has 6 heteroatoms. The summed E-state index contributed by atoms with van der Waals surface area (Å²) in [5, 5.41) is 11.3. The van der Waals surface area contributed by atoms with E-state index < -0.39 is 5.60 Å². The first-order chi connectivity index (χ1) is 9.89. The lowest BCUT2D eigenvalue weighted by atomic mass is 9.94. The zero-order chi connectivity index (χ0) is 15.2. The molecule has 1 amide bonds. The quantitative estimate of drug-likeness (QED) is 0.847. The average Bonchev–Trinajstić information content (AvgIpc) is 2.77. The summed E-state index contributed by atoms with van der Waals surface area (Å²) < 4.78 is 0.923. The SMILES string of the molecule is CC1(O)CCN(C(=O)c2sc3cccc(Cl)c3c2N)CC1. The number of piperidine rings is 1. The molecule has 1 aromatic heterocycles. The van der Waals surface area contributed by atoms with Gasteiger partial charge in [-0.1, -0.05) is 17.7 Å². The first-order valence-electron chi connectivity index (χ1n) is 6.87. The maximum absolute atomic E-state index is 12.6. The second-order valence-corrected chi connectivity index (χ2v) is 7.21. The average molecular weight is 325 g/mol. The zero-order valence-electron chi connectivity index (χ0n) is 11.7. The number of anilines is 1. The van der Waals surface area contributed by atoms with E-state index in [-0.39, 0.29) is 5.91 Å². The van der Waals surface area contributed by atoms with E-state index in [1.807, 2.05) is 19.1 Å². The highest BCUT2D eigenvalue weighted by molar-refractivity contribution is 7.21. The number of rotatable bonds is 1. The van der Waals surface area contributed by atoms with Gasteiger partial charge in [0.1, 0.15) is 4.88 Å². The number of nitrogen functional groups attached to an aromatic ring is 1. The number of nitrogens with zero attached hydrogens (tertiary/aromatic N) is 1. The van der Waals surface area contributed by atoms with E-state index in [2.05, 4.69) is 0 Å². The Kier molecular flexibility index (Phi) is 3.59. The number of fused-ring (bicyclic) bond motifs is 1. The number of likely N-dealkylation sites (tertiary alicyclic amines) is 1. The number of hydrogen-bond acceptors (Lipinski definition) is 4. The molecule has 21 heavy (non-hydrogen) atoms. The molecule has 0 bridgehead atoms. The van der Waals surface area contributed by atoms with Gasteiger partial charge in [-0.2, -0.15) is 0 Å². The first-order valence-corrected chi connectivity index (χ1v) is 8.07. The fourth-order valence-corrected chi connectivity index (χ4v) is 4.07.